The third-order valence-electron chi connectivity index (χ3n) is 13.1. The summed E-state index contributed by atoms with van der Waals surface area (Å²) >= 11 is 0. The largest absolute Gasteiger partial charge is 0.457 e. The normalized spacial score (nSPS) is 16.2. The van der Waals surface area contributed by atoms with Crippen molar-refractivity contribution in [2.75, 3.05) is 0 Å². The van der Waals surface area contributed by atoms with Crippen molar-refractivity contribution in [1.29, 1.82) is 0 Å². The molecule has 1 saturated carbocycles. The van der Waals surface area contributed by atoms with E-state index in [0.717, 1.165) is 119 Å². The lowest BCUT2D eigenvalue weighted by atomic mass is 9.79. The first-order chi connectivity index (χ1) is 28.0. The van der Waals surface area contributed by atoms with Crippen LogP contribution in [0.3, 0.4) is 0 Å². The first-order valence-electron chi connectivity index (χ1n) is 20.4. The predicted octanol–water partition coefficient (Wildman–Crippen LogP) is 12.6. The zero-order chi connectivity index (χ0) is 37.8. The van der Waals surface area contributed by atoms with Crippen LogP contribution in [0.4, 0.5) is 0 Å². The molecule has 0 N–H and O–H groups in total. The molecule has 0 radical (unpaired) electrons. The van der Waals surface area contributed by atoms with Crippen LogP contribution in [0, 0.1) is 25.7 Å². The summed E-state index contributed by atoms with van der Waals surface area (Å²) in [5.41, 5.74) is 12.7. The fourth-order valence-corrected chi connectivity index (χ4v) is 9.99. The van der Waals surface area contributed by atoms with Crippen molar-refractivity contribution in [2.45, 2.75) is 58.8 Å². The average molecular weight is 744 g/mol. The van der Waals surface area contributed by atoms with E-state index in [4.69, 9.17) is 24.1 Å². The zero-order valence-electron chi connectivity index (χ0n) is 32.1. The highest BCUT2D eigenvalue weighted by atomic mass is 16.5. The van der Waals surface area contributed by atoms with Gasteiger partial charge in [0.25, 0.3) is 0 Å². The molecule has 7 heteroatoms. The molecule has 0 bridgehead atoms. The number of ether oxygens (including phenoxy) is 1. The average Bonchev–Trinajstić information content (AvgIpc) is 4.02. The number of rotatable bonds is 5. The van der Waals surface area contributed by atoms with E-state index in [1.165, 1.54) is 48.8 Å². The maximum absolute atomic E-state index is 6.91. The molecule has 0 amide bonds. The number of fused-ring (bicyclic) bond motifs is 11. The maximum atomic E-state index is 6.91. The molecule has 1 fully saturated rings. The van der Waals surface area contributed by atoms with Crippen LogP contribution in [0.5, 0.6) is 11.5 Å². The molecule has 278 valence electrons. The van der Waals surface area contributed by atoms with E-state index in [9.17, 15) is 0 Å². The van der Waals surface area contributed by atoms with Gasteiger partial charge in [0, 0.05) is 40.2 Å². The Morgan fingerprint density at radius 3 is 2.40 bits per heavy atom. The molecule has 5 aromatic heterocycles. The number of aryl methyl sites for hydroxylation is 2. The second-order valence-electron chi connectivity index (χ2n) is 16.5. The molecule has 5 aromatic carbocycles. The van der Waals surface area contributed by atoms with Crippen molar-refractivity contribution in [3.8, 4) is 28.6 Å². The minimum atomic E-state index is 0.721. The summed E-state index contributed by atoms with van der Waals surface area (Å²) < 4.78 is 18.2. The lowest BCUT2D eigenvalue weighted by molar-refractivity contribution is 0.255. The van der Waals surface area contributed by atoms with E-state index in [1.54, 1.807) is 0 Å². The lowest BCUT2D eigenvalue weighted by Crippen LogP contribution is -2.18. The van der Waals surface area contributed by atoms with Gasteiger partial charge in [-0.1, -0.05) is 74.6 Å². The van der Waals surface area contributed by atoms with Gasteiger partial charge in [-0.15, -0.1) is 0 Å². The van der Waals surface area contributed by atoms with Crippen LogP contribution >= 0.6 is 0 Å². The summed E-state index contributed by atoms with van der Waals surface area (Å²) in [6.45, 7) is 4.22. The van der Waals surface area contributed by atoms with Gasteiger partial charge >= 0.3 is 0 Å². The van der Waals surface area contributed by atoms with Gasteiger partial charge < -0.3 is 9.15 Å². The van der Waals surface area contributed by atoms with Crippen molar-refractivity contribution in [2.24, 2.45) is 11.8 Å². The topological polar surface area (TPSA) is 70.4 Å². The van der Waals surface area contributed by atoms with Crippen LogP contribution in [0.15, 0.2) is 120 Å². The van der Waals surface area contributed by atoms with Crippen LogP contribution < -0.4 is 4.74 Å². The summed E-state index contributed by atoms with van der Waals surface area (Å²) in [4.78, 5) is 15.1. The molecule has 0 saturated heterocycles. The highest BCUT2D eigenvalue weighted by Gasteiger charge is 2.31. The first-order valence-corrected chi connectivity index (χ1v) is 20.4. The monoisotopic (exact) mass is 743 g/mol. The van der Waals surface area contributed by atoms with Gasteiger partial charge in [0.15, 0.2) is 0 Å². The van der Waals surface area contributed by atoms with E-state index in [2.05, 4.69) is 126 Å². The Morgan fingerprint density at radius 1 is 0.632 bits per heavy atom. The van der Waals surface area contributed by atoms with Gasteiger partial charge in [0.1, 0.15) is 28.5 Å². The van der Waals surface area contributed by atoms with Gasteiger partial charge in [-0.3, -0.25) is 14.0 Å². The molecule has 57 heavy (non-hydrogen) atoms. The Bertz CT molecular complexity index is 3250. The molecule has 2 aliphatic rings. The summed E-state index contributed by atoms with van der Waals surface area (Å²) in [5, 5.41) is 4.33. The number of pyridine rings is 2. The molecule has 0 aliphatic heterocycles. The SMILES string of the molecule is Cc1cnc(-n2c3cc(Oc4cc(-c5cc6c(cn5)CC(C5CCCCC5)C6)c5oc6c7ccccc7ccc6c5c4)ccc3n3c4ccccc4nc23)cc1C. The van der Waals surface area contributed by atoms with E-state index in [-0.39, 0.29) is 0 Å². The standard InChI is InChI=1S/C50H41N5O2/c1-29-20-47(52-27-30(29)2)55-46-26-36(17-19-45(46)54-44-15-9-8-14-42(44)53-50(54)55)56-37-24-40-39-18-16-32-12-6-7-13-38(32)48(39)57-49(40)41(25-37)43-23-34-21-33(22-35(34)28-51-43)31-10-4-3-5-11-31/h6-9,12-20,23-28,31,33H,3-5,10-11,21-22H2,1-2H3. The summed E-state index contributed by atoms with van der Waals surface area (Å²) in [6, 6.07) is 36.1. The zero-order valence-corrected chi connectivity index (χ0v) is 32.1. The Morgan fingerprint density at radius 2 is 1.49 bits per heavy atom. The van der Waals surface area contributed by atoms with E-state index >= 15 is 0 Å². The second-order valence-corrected chi connectivity index (χ2v) is 16.5. The molecular formula is C50H41N5O2. The fraction of sp³-hybridized carbons (Fsp3) is 0.220. The number of furan rings is 1. The highest BCUT2D eigenvalue weighted by molar-refractivity contribution is 6.17. The number of imidazole rings is 2. The Hall–Kier alpha value is -6.47. The number of hydrogen-bond donors (Lipinski definition) is 0. The molecular weight excluding hydrogens is 703 g/mol. The van der Waals surface area contributed by atoms with Gasteiger partial charge in [0.2, 0.25) is 5.78 Å². The molecule has 1 atom stereocenters. The van der Waals surface area contributed by atoms with Crippen LogP contribution in [0.25, 0.3) is 77.6 Å². The van der Waals surface area contributed by atoms with E-state index < -0.39 is 0 Å². The molecule has 1 unspecified atom stereocenters. The van der Waals surface area contributed by atoms with Gasteiger partial charge in [-0.05, 0) is 121 Å². The molecule has 10 aromatic rings. The van der Waals surface area contributed by atoms with Crippen LogP contribution in [-0.2, 0) is 12.8 Å². The molecule has 0 spiro atoms. The van der Waals surface area contributed by atoms with E-state index in [0.29, 0.717) is 0 Å². The maximum Gasteiger partial charge on any atom is 0.221 e. The van der Waals surface area contributed by atoms with Gasteiger partial charge in [-0.25, -0.2) is 9.97 Å². The molecule has 5 heterocycles. The Balaban J connectivity index is 1.02. The molecule has 7 nitrogen and oxygen atoms in total. The number of nitrogens with zero attached hydrogens (tertiary/aromatic N) is 5. The Kier molecular flexibility index (Phi) is 7.19. The Labute approximate surface area is 329 Å². The third kappa shape index (κ3) is 5.14. The van der Waals surface area contributed by atoms with E-state index in [1.807, 2.05) is 12.3 Å². The van der Waals surface area contributed by atoms with Crippen molar-refractivity contribution in [3.63, 3.8) is 0 Å². The van der Waals surface area contributed by atoms with Gasteiger partial charge in [-0.2, -0.15) is 0 Å². The van der Waals surface area contributed by atoms with Crippen molar-refractivity contribution in [1.82, 2.24) is 23.9 Å². The third-order valence-corrected chi connectivity index (χ3v) is 13.1. The predicted molar refractivity (Wildman–Crippen MR) is 229 cm³/mol. The fourth-order valence-electron chi connectivity index (χ4n) is 9.99. The highest BCUT2D eigenvalue weighted by Crippen LogP contribution is 2.44. The quantitative estimate of drug-likeness (QED) is 0.176. The van der Waals surface area contributed by atoms with Crippen molar-refractivity contribution in [3.05, 3.63) is 138 Å². The minimum absolute atomic E-state index is 0.721. The smallest absolute Gasteiger partial charge is 0.221 e. The van der Waals surface area contributed by atoms with Gasteiger partial charge in [0.05, 0.1) is 27.8 Å². The first kappa shape index (κ1) is 32.7. The number of para-hydroxylation sites is 2. The molecule has 12 rings (SSSR count). The number of hydrogen-bond acceptors (Lipinski definition) is 5. The summed E-state index contributed by atoms with van der Waals surface area (Å²) in [6.07, 6.45) is 13.2. The lowest BCUT2D eigenvalue weighted by Gasteiger charge is -2.27. The minimum Gasteiger partial charge on any atom is -0.457 e. The second kappa shape index (κ2) is 12.5. The molecule has 2 aliphatic carbocycles. The number of benzene rings is 5. The van der Waals surface area contributed by atoms with Crippen molar-refractivity contribution < 1.29 is 9.15 Å². The summed E-state index contributed by atoms with van der Waals surface area (Å²) in [5.74, 6) is 4.63. The van der Waals surface area contributed by atoms with Crippen molar-refractivity contribution >= 4 is 60.6 Å². The van der Waals surface area contributed by atoms with Crippen LogP contribution in [0.1, 0.15) is 54.4 Å². The van der Waals surface area contributed by atoms with Crippen LogP contribution in [-0.4, -0.2) is 23.9 Å². The summed E-state index contributed by atoms with van der Waals surface area (Å²) in [7, 11) is 0. The van der Waals surface area contributed by atoms with Crippen LogP contribution in [0.2, 0.25) is 0 Å². The number of aromatic nitrogens is 5.